The quantitative estimate of drug-likeness (QED) is 0.622. The van der Waals surface area contributed by atoms with Crippen molar-refractivity contribution in [1.82, 2.24) is 20.4 Å². The zero-order valence-corrected chi connectivity index (χ0v) is 17.2. The van der Waals surface area contributed by atoms with Gasteiger partial charge in [0.1, 0.15) is 5.82 Å². The largest absolute Gasteiger partial charge is 0.322 e. The van der Waals surface area contributed by atoms with Gasteiger partial charge in [0.15, 0.2) is 16.1 Å². The van der Waals surface area contributed by atoms with Crippen LogP contribution in [0.25, 0.3) is 0 Å². The summed E-state index contributed by atoms with van der Waals surface area (Å²) in [5, 5.41) is 13.1. The molecule has 0 bridgehead atoms. The van der Waals surface area contributed by atoms with Crippen molar-refractivity contribution in [2.45, 2.75) is 50.3 Å². The molecule has 3 rings (SSSR count). The Morgan fingerprint density at radius 3 is 2.72 bits per heavy atom. The van der Waals surface area contributed by atoms with Crippen LogP contribution in [0.15, 0.2) is 41.3 Å². The van der Waals surface area contributed by atoms with E-state index in [2.05, 4.69) is 21.0 Å². The Bertz CT molecular complexity index is 987. The van der Waals surface area contributed by atoms with Gasteiger partial charge in [-0.05, 0) is 25.5 Å². The Hall–Kier alpha value is -2.72. The molecule has 1 aliphatic rings. The number of hydrogen-bond acceptors (Lipinski definition) is 6. The van der Waals surface area contributed by atoms with Gasteiger partial charge in [-0.1, -0.05) is 25.1 Å². The van der Waals surface area contributed by atoms with Crippen LogP contribution in [0.4, 0.5) is 5.82 Å². The van der Waals surface area contributed by atoms with Gasteiger partial charge in [0.2, 0.25) is 11.8 Å². The highest BCUT2D eigenvalue weighted by Crippen LogP contribution is 2.19. The lowest BCUT2D eigenvalue weighted by Gasteiger charge is -2.31. The van der Waals surface area contributed by atoms with Gasteiger partial charge in [-0.15, -0.1) is 0 Å². The second kappa shape index (κ2) is 8.75. The van der Waals surface area contributed by atoms with Gasteiger partial charge in [-0.2, -0.15) is 5.10 Å². The molecule has 2 unspecified atom stereocenters. The van der Waals surface area contributed by atoms with E-state index in [1.165, 1.54) is 16.8 Å². The molecule has 0 aliphatic carbocycles. The second-order valence-electron chi connectivity index (χ2n) is 6.99. The smallest absolute Gasteiger partial charge is 0.226 e. The minimum absolute atomic E-state index is 0.0119. The molecule has 1 aromatic heterocycles. The maximum Gasteiger partial charge on any atom is 0.226 e. The summed E-state index contributed by atoms with van der Waals surface area (Å²) in [6, 6.07) is 9.72. The molecule has 1 aliphatic heterocycles. The SMILES string of the molecule is CCC1CC(=O)NC(n2nc(C)cc2NC(=O)CCS(=O)(=O)c2ccccc2)N1. The number of carbonyl (C=O) groups is 2. The van der Waals surface area contributed by atoms with E-state index >= 15 is 0 Å². The van der Waals surface area contributed by atoms with E-state index in [4.69, 9.17) is 0 Å². The minimum Gasteiger partial charge on any atom is -0.322 e. The van der Waals surface area contributed by atoms with Crippen molar-refractivity contribution < 1.29 is 18.0 Å². The molecule has 0 radical (unpaired) electrons. The van der Waals surface area contributed by atoms with E-state index in [0.717, 1.165) is 6.42 Å². The molecule has 2 amide bonds. The number of nitrogens with one attached hydrogen (secondary N) is 3. The van der Waals surface area contributed by atoms with Crippen LogP contribution < -0.4 is 16.0 Å². The molecule has 1 saturated heterocycles. The number of rotatable bonds is 7. The summed E-state index contributed by atoms with van der Waals surface area (Å²) in [5.74, 6) is -0.453. The molecule has 10 heteroatoms. The highest BCUT2D eigenvalue weighted by molar-refractivity contribution is 7.91. The van der Waals surface area contributed by atoms with Crippen LogP contribution in [0.2, 0.25) is 0 Å². The molecule has 0 saturated carbocycles. The summed E-state index contributed by atoms with van der Waals surface area (Å²) in [6.07, 6.45) is 0.386. The summed E-state index contributed by atoms with van der Waals surface area (Å²) >= 11 is 0. The topological polar surface area (TPSA) is 122 Å². The number of benzene rings is 1. The fraction of sp³-hybridized carbons (Fsp3) is 0.421. The maximum absolute atomic E-state index is 12.4. The molecule has 29 heavy (non-hydrogen) atoms. The third-order valence-electron chi connectivity index (χ3n) is 4.69. The first-order valence-electron chi connectivity index (χ1n) is 9.47. The van der Waals surface area contributed by atoms with E-state index in [-0.39, 0.29) is 29.0 Å². The van der Waals surface area contributed by atoms with Crippen molar-refractivity contribution in [3.8, 4) is 0 Å². The molecule has 2 heterocycles. The van der Waals surface area contributed by atoms with E-state index < -0.39 is 22.0 Å². The van der Waals surface area contributed by atoms with Crippen LogP contribution in [-0.4, -0.2) is 41.8 Å². The molecule has 2 atom stereocenters. The van der Waals surface area contributed by atoms with Crippen LogP contribution in [0.3, 0.4) is 0 Å². The van der Waals surface area contributed by atoms with Gasteiger partial charge in [-0.25, -0.2) is 13.1 Å². The van der Waals surface area contributed by atoms with Gasteiger partial charge < -0.3 is 10.6 Å². The third-order valence-corrected chi connectivity index (χ3v) is 6.42. The van der Waals surface area contributed by atoms with Crippen LogP contribution in [-0.2, 0) is 19.4 Å². The number of sulfone groups is 1. The first kappa shape index (κ1) is 21.0. The Morgan fingerprint density at radius 1 is 1.31 bits per heavy atom. The van der Waals surface area contributed by atoms with Crippen molar-refractivity contribution in [3.05, 3.63) is 42.1 Å². The van der Waals surface area contributed by atoms with E-state index in [9.17, 15) is 18.0 Å². The first-order valence-corrected chi connectivity index (χ1v) is 11.1. The van der Waals surface area contributed by atoms with Crippen molar-refractivity contribution in [2.75, 3.05) is 11.1 Å². The van der Waals surface area contributed by atoms with E-state index in [1.807, 2.05) is 6.92 Å². The Labute approximate surface area is 169 Å². The van der Waals surface area contributed by atoms with Crippen molar-refractivity contribution in [3.63, 3.8) is 0 Å². The summed E-state index contributed by atoms with van der Waals surface area (Å²) in [7, 11) is -3.54. The number of hydrogen-bond donors (Lipinski definition) is 3. The third kappa shape index (κ3) is 5.21. The predicted molar refractivity (Wildman–Crippen MR) is 108 cm³/mol. The highest BCUT2D eigenvalue weighted by atomic mass is 32.2. The molecule has 0 spiro atoms. The minimum atomic E-state index is -3.54. The number of nitrogens with zero attached hydrogens (tertiary/aromatic N) is 2. The summed E-state index contributed by atoms with van der Waals surface area (Å²) in [4.78, 5) is 24.5. The highest BCUT2D eigenvalue weighted by Gasteiger charge is 2.28. The van der Waals surface area contributed by atoms with E-state index in [1.54, 1.807) is 31.2 Å². The number of aryl methyl sites for hydroxylation is 1. The number of carbonyl (C=O) groups excluding carboxylic acids is 2. The summed E-state index contributed by atoms with van der Waals surface area (Å²) in [5.41, 5.74) is 0.659. The molecule has 1 fully saturated rings. The molecule has 1 aromatic carbocycles. The first-order chi connectivity index (χ1) is 13.8. The van der Waals surface area contributed by atoms with E-state index in [0.29, 0.717) is 17.9 Å². The standard InChI is InChI=1S/C19H25N5O4S/c1-3-14-12-18(26)22-19(20-14)24-16(11-13(2)23-24)21-17(25)9-10-29(27,28)15-7-5-4-6-8-15/h4-8,11,14,19-20H,3,9-10,12H2,1-2H3,(H,21,25)(H,22,26). The zero-order valence-electron chi connectivity index (χ0n) is 16.4. The molecule has 2 aromatic rings. The van der Waals surface area contributed by atoms with Crippen LogP contribution in [0.5, 0.6) is 0 Å². The lowest BCUT2D eigenvalue weighted by atomic mass is 10.1. The molecular weight excluding hydrogens is 394 g/mol. The lowest BCUT2D eigenvalue weighted by Crippen LogP contribution is -2.53. The monoisotopic (exact) mass is 419 g/mol. The zero-order chi connectivity index (χ0) is 21.0. The van der Waals surface area contributed by atoms with Crippen LogP contribution in [0, 0.1) is 6.92 Å². The van der Waals surface area contributed by atoms with Gasteiger partial charge in [0.25, 0.3) is 0 Å². The van der Waals surface area contributed by atoms with Crippen molar-refractivity contribution in [1.29, 1.82) is 0 Å². The van der Waals surface area contributed by atoms with Crippen molar-refractivity contribution >= 4 is 27.5 Å². The fourth-order valence-corrected chi connectivity index (χ4v) is 4.40. The van der Waals surface area contributed by atoms with Gasteiger partial charge in [-0.3, -0.25) is 14.9 Å². The Balaban J connectivity index is 1.68. The number of amides is 2. The Kier molecular flexibility index (Phi) is 6.33. The van der Waals surface area contributed by atoms with Gasteiger partial charge in [0, 0.05) is 24.9 Å². The summed E-state index contributed by atoms with van der Waals surface area (Å²) in [6.45, 7) is 3.76. The number of anilines is 1. The van der Waals surface area contributed by atoms with Crippen molar-refractivity contribution in [2.24, 2.45) is 0 Å². The van der Waals surface area contributed by atoms with Gasteiger partial charge >= 0.3 is 0 Å². The normalized spacial score (nSPS) is 19.6. The number of aromatic nitrogens is 2. The molecule has 9 nitrogen and oxygen atoms in total. The lowest BCUT2D eigenvalue weighted by molar-refractivity contribution is -0.125. The average molecular weight is 420 g/mol. The molecular formula is C19H25N5O4S. The van der Waals surface area contributed by atoms with Gasteiger partial charge in [0.05, 0.1) is 16.3 Å². The average Bonchev–Trinajstić information content (AvgIpc) is 3.06. The predicted octanol–water partition coefficient (Wildman–Crippen LogP) is 1.34. The Morgan fingerprint density at radius 2 is 2.03 bits per heavy atom. The molecule has 3 N–H and O–H groups in total. The van der Waals surface area contributed by atoms with Crippen LogP contribution >= 0.6 is 0 Å². The molecule has 156 valence electrons. The maximum atomic E-state index is 12.4. The second-order valence-corrected chi connectivity index (χ2v) is 9.10. The summed E-state index contributed by atoms with van der Waals surface area (Å²) < 4.78 is 26.2. The fourth-order valence-electron chi connectivity index (χ4n) is 3.14. The van der Waals surface area contributed by atoms with Crippen LogP contribution in [0.1, 0.15) is 38.2 Å².